The van der Waals surface area contributed by atoms with E-state index in [1.165, 1.54) is 52.4 Å². The van der Waals surface area contributed by atoms with Gasteiger partial charge in [0.15, 0.2) is 5.78 Å². The van der Waals surface area contributed by atoms with Crippen LogP contribution in [-0.4, -0.2) is 15.9 Å². The number of carbonyl (C=O) groups excluding carboxylic acids is 1. The van der Waals surface area contributed by atoms with Crippen molar-refractivity contribution in [2.24, 2.45) is 0 Å². The summed E-state index contributed by atoms with van der Waals surface area (Å²) < 4.78 is 0. The summed E-state index contributed by atoms with van der Waals surface area (Å²) >= 11 is 1.78. The smallest absolute Gasteiger partial charge is 0.155 e. The summed E-state index contributed by atoms with van der Waals surface area (Å²) in [4.78, 5) is 17.3. The molecule has 2 aromatic carbocycles. The molecule has 0 bridgehead atoms. The first kappa shape index (κ1) is 28.6. The van der Waals surface area contributed by atoms with Crippen LogP contribution in [0, 0.1) is 19.9 Å². The van der Waals surface area contributed by atoms with Gasteiger partial charge < -0.3 is 5.11 Å². The van der Waals surface area contributed by atoms with Crippen LogP contribution in [0.1, 0.15) is 51.3 Å². The first-order valence-corrected chi connectivity index (χ1v) is 12.1. The molecule has 0 aliphatic rings. The van der Waals surface area contributed by atoms with Gasteiger partial charge in [-0.2, -0.15) is 0 Å². The quantitative estimate of drug-likeness (QED) is 0.136. The molecule has 2 heterocycles. The van der Waals surface area contributed by atoms with Gasteiger partial charge in [0.1, 0.15) is 4.83 Å². The summed E-state index contributed by atoms with van der Waals surface area (Å²) in [6, 6.07) is 22.5. The molecular formula is C30H32IrNO2S-. The molecule has 0 fully saturated rings. The van der Waals surface area contributed by atoms with Gasteiger partial charge in [0.05, 0.1) is 5.76 Å². The van der Waals surface area contributed by atoms with Crippen LogP contribution in [0.15, 0.2) is 66.4 Å². The van der Waals surface area contributed by atoms with Crippen molar-refractivity contribution in [1.29, 1.82) is 0 Å². The van der Waals surface area contributed by atoms with Gasteiger partial charge in [-0.3, -0.25) is 9.78 Å². The molecule has 185 valence electrons. The standard InChI is InChI=1S/C25H24NS.C5H8O2.Ir/c1-16-13-20(25(3,4)5)14-17(2)23(16)22-15-19-11-12-21(26-24(19)27-22)18-9-7-6-8-10-18;1-4(6)3-5(2)7;/h6-9,11-15H,1-5H3;3,6H,1-2H3;/q-1;;/b;4-3-;. The Balaban J connectivity index is 0.000000476. The Bertz CT molecular complexity index is 1320. The van der Waals surface area contributed by atoms with Gasteiger partial charge in [-0.25, -0.2) is 0 Å². The Morgan fingerprint density at radius 1 is 1.03 bits per heavy atom. The monoisotopic (exact) mass is 663 g/mol. The fourth-order valence-corrected chi connectivity index (χ4v) is 5.03. The average Bonchev–Trinajstić information content (AvgIpc) is 3.15. The Morgan fingerprint density at radius 3 is 2.17 bits per heavy atom. The van der Waals surface area contributed by atoms with Gasteiger partial charge in [-0.15, -0.1) is 47.2 Å². The van der Waals surface area contributed by atoms with Crippen LogP contribution in [0.3, 0.4) is 0 Å². The van der Waals surface area contributed by atoms with Crippen molar-refractivity contribution < 1.29 is 30.0 Å². The van der Waals surface area contributed by atoms with E-state index in [9.17, 15) is 4.79 Å². The van der Waals surface area contributed by atoms with Gasteiger partial charge in [-0.05, 0) is 67.1 Å². The molecule has 0 saturated heterocycles. The van der Waals surface area contributed by atoms with Crippen LogP contribution in [0.2, 0.25) is 0 Å². The van der Waals surface area contributed by atoms with E-state index >= 15 is 0 Å². The van der Waals surface area contributed by atoms with Crippen molar-refractivity contribution in [2.45, 2.75) is 53.9 Å². The summed E-state index contributed by atoms with van der Waals surface area (Å²) in [6.07, 6.45) is 1.17. The van der Waals surface area contributed by atoms with E-state index < -0.39 is 0 Å². The first-order chi connectivity index (χ1) is 16.0. The zero-order valence-electron chi connectivity index (χ0n) is 21.3. The van der Waals surface area contributed by atoms with Gasteiger partial charge >= 0.3 is 0 Å². The number of fused-ring (bicyclic) bond motifs is 1. The van der Waals surface area contributed by atoms with Crippen LogP contribution < -0.4 is 0 Å². The Hall–Kier alpha value is -2.59. The molecule has 0 unspecified atom stereocenters. The number of aromatic nitrogens is 1. The number of pyridine rings is 1. The average molecular weight is 663 g/mol. The Labute approximate surface area is 226 Å². The largest absolute Gasteiger partial charge is 0.512 e. The third kappa shape index (κ3) is 7.44. The number of thiophene rings is 1. The molecule has 4 aromatic rings. The van der Waals surface area contributed by atoms with E-state index in [-0.39, 0.29) is 37.1 Å². The van der Waals surface area contributed by atoms with E-state index in [1.54, 1.807) is 11.3 Å². The molecule has 4 rings (SSSR count). The van der Waals surface area contributed by atoms with Crippen molar-refractivity contribution >= 4 is 27.3 Å². The minimum atomic E-state index is -0.125. The van der Waals surface area contributed by atoms with Gasteiger partial charge in [-0.1, -0.05) is 45.0 Å². The van der Waals surface area contributed by atoms with E-state index in [2.05, 4.69) is 77.1 Å². The van der Waals surface area contributed by atoms with Gasteiger partial charge in [0.25, 0.3) is 0 Å². The van der Waals surface area contributed by atoms with E-state index in [1.807, 2.05) is 18.2 Å². The summed E-state index contributed by atoms with van der Waals surface area (Å²) in [7, 11) is 0. The summed E-state index contributed by atoms with van der Waals surface area (Å²) in [6.45, 7) is 14.1. The second kappa shape index (κ2) is 11.9. The SMILES string of the molecule is CC(=O)/C=C(/C)O.Cc1cc(C(C)(C)C)cc(C)c1-c1cc2ccc(-c3[c-]cccc3)nc2s1.[Ir]. The molecule has 0 atom stereocenters. The number of aliphatic hydroxyl groups is 1. The van der Waals surface area contributed by atoms with Crippen LogP contribution in [0.5, 0.6) is 0 Å². The molecule has 0 amide bonds. The molecule has 5 heteroatoms. The van der Waals surface area contributed by atoms with Crippen molar-refractivity contribution in [1.82, 2.24) is 4.98 Å². The van der Waals surface area contributed by atoms with Crippen molar-refractivity contribution in [3.63, 3.8) is 0 Å². The van der Waals surface area contributed by atoms with Gasteiger partial charge in [0.2, 0.25) is 0 Å². The maximum absolute atomic E-state index is 10.0. The predicted octanol–water partition coefficient (Wildman–Crippen LogP) is 8.38. The summed E-state index contributed by atoms with van der Waals surface area (Å²) in [5.74, 6) is -0.0625. The maximum Gasteiger partial charge on any atom is 0.155 e. The van der Waals surface area contributed by atoms with E-state index in [0.29, 0.717) is 0 Å². The fraction of sp³-hybridized carbons (Fsp3) is 0.267. The second-order valence-corrected chi connectivity index (χ2v) is 10.6. The molecule has 1 N–H and O–H groups in total. The number of benzene rings is 2. The molecule has 3 nitrogen and oxygen atoms in total. The third-order valence-corrected chi connectivity index (χ3v) is 6.49. The molecule has 0 aliphatic heterocycles. The zero-order chi connectivity index (χ0) is 25.0. The van der Waals surface area contributed by atoms with Crippen molar-refractivity contribution in [3.05, 3.63) is 89.2 Å². The minimum absolute atomic E-state index is 0. The minimum Gasteiger partial charge on any atom is -0.512 e. The normalized spacial score (nSPS) is 11.5. The van der Waals surface area contributed by atoms with Crippen LogP contribution in [0.25, 0.3) is 31.9 Å². The van der Waals surface area contributed by atoms with E-state index in [4.69, 9.17) is 10.1 Å². The summed E-state index contributed by atoms with van der Waals surface area (Å²) in [5.41, 5.74) is 7.59. The number of carbonyl (C=O) groups is 1. The van der Waals surface area contributed by atoms with Crippen LogP contribution in [-0.2, 0) is 30.3 Å². The molecule has 0 aliphatic carbocycles. The Morgan fingerprint density at radius 2 is 1.69 bits per heavy atom. The van der Waals surface area contributed by atoms with Crippen LogP contribution >= 0.6 is 11.3 Å². The van der Waals surface area contributed by atoms with Gasteiger partial charge in [0, 0.05) is 36.4 Å². The van der Waals surface area contributed by atoms with Crippen LogP contribution in [0.4, 0.5) is 0 Å². The Kier molecular flexibility index (Phi) is 9.74. The summed E-state index contributed by atoms with van der Waals surface area (Å²) in [5, 5.41) is 9.57. The fourth-order valence-electron chi connectivity index (χ4n) is 3.82. The number of rotatable bonds is 3. The number of ketones is 1. The number of aliphatic hydroxyl groups excluding tert-OH is 1. The number of aryl methyl sites for hydroxylation is 2. The number of nitrogens with zero attached hydrogens (tertiary/aromatic N) is 1. The molecule has 0 spiro atoms. The second-order valence-electron chi connectivity index (χ2n) is 9.61. The molecule has 35 heavy (non-hydrogen) atoms. The van der Waals surface area contributed by atoms with E-state index in [0.717, 1.165) is 16.1 Å². The first-order valence-electron chi connectivity index (χ1n) is 11.3. The molecule has 0 saturated carbocycles. The molecular weight excluding hydrogens is 631 g/mol. The number of allylic oxidation sites excluding steroid dienone is 2. The molecule has 2 aromatic heterocycles. The predicted molar refractivity (Wildman–Crippen MR) is 145 cm³/mol. The van der Waals surface area contributed by atoms with Crippen molar-refractivity contribution in [2.75, 3.05) is 0 Å². The third-order valence-electron chi connectivity index (χ3n) is 5.43. The molecule has 1 radical (unpaired) electrons. The maximum atomic E-state index is 10.0. The van der Waals surface area contributed by atoms with Crippen molar-refractivity contribution in [3.8, 4) is 21.7 Å². The number of hydrogen-bond acceptors (Lipinski definition) is 4. The topological polar surface area (TPSA) is 50.2 Å². The number of hydrogen-bond donors (Lipinski definition) is 1. The zero-order valence-corrected chi connectivity index (χ0v) is 24.5.